The van der Waals surface area contributed by atoms with Crippen LogP contribution in [0.25, 0.3) is 0 Å². The summed E-state index contributed by atoms with van der Waals surface area (Å²) in [7, 11) is -7.58. The van der Waals surface area contributed by atoms with Gasteiger partial charge in [-0.15, -0.1) is 4.83 Å². The molecule has 0 aromatic heterocycles. The Morgan fingerprint density at radius 1 is 1.17 bits per heavy atom. The van der Waals surface area contributed by atoms with E-state index in [0.717, 1.165) is 12.1 Å². The van der Waals surface area contributed by atoms with Crippen LogP contribution in [0.15, 0.2) is 29.2 Å². The zero-order chi connectivity index (χ0) is 18.2. The summed E-state index contributed by atoms with van der Waals surface area (Å²) >= 11 is 0. The van der Waals surface area contributed by atoms with E-state index in [4.69, 9.17) is 0 Å². The van der Waals surface area contributed by atoms with E-state index in [9.17, 15) is 34.8 Å². The van der Waals surface area contributed by atoms with Gasteiger partial charge in [0.1, 0.15) is 0 Å². The summed E-state index contributed by atoms with van der Waals surface area (Å²) in [4.78, 5) is 13.0. The molecule has 1 aliphatic heterocycles. The summed E-state index contributed by atoms with van der Waals surface area (Å²) in [5.41, 5.74) is 0.870. The average molecular weight is 386 g/mol. The molecule has 0 aliphatic carbocycles. The molecular formula is C12H13F3N2O5S2. The van der Waals surface area contributed by atoms with Crippen LogP contribution >= 0.6 is 0 Å². The Kier molecular flexibility index (Phi) is 4.93. The highest BCUT2D eigenvalue weighted by Gasteiger charge is 2.34. The fourth-order valence-electron chi connectivity index (χ4n) is 2.10. The molecule has 12 heteroatoms. The molecule has 134 valence electrons. The van der Waals surface area contributed by atoms with Crippen LogP contribution in [-0.2, 0) is 30.8 Å². The topological polar surface area (TPSA) is 109 Å². The largest absolute Gasteiger partial charge is 0.416 e. The summed E-state index contributed by atoms with van der Waals surface area (Å²) in [5.74, 6) is -2.21. The van der Waals surface area contributed by atoms with Gasteiger partial charge < -0.3 is 0 Å². The van der Waals surface area contributed by atoms with Crippen molar-refractivity contribution < 1.29 is 34.8 Å². The summed E-state index contributed by atoms with van der Waals surface area (Å²) in [6.07, 6.45) is -4.52. The third-order valence-corrected chi connectivity index (χ3v) is 6.44. The van der Waals surface area contributed by atoms with Gasteiger partial charge in [-0.1, -0.05) is 0 Å². The number of hydrazine groups is 1. The second-order valence-corrected chi connectivity index (χ2v) is 9.13. The number of nitrogens with one attached hydrogen (secondary N) is 2. The van der Waals surface area contributed by atoms with Crippen molar-refractivity contribution in [3.63, 3.8) is 0 Å². The summed E-state index contributed by atoms with van der Waals surface area (Å²) in [5, 5.41) is 0. The molecule has 0 radical (unpaired) electrons. The van der Waals surface area contributed by atoms with Crippen molar-refractivity contribution in [2.75, 3.05) is 11.5 Å². The number of rotatable bonds is 4. The zero-order valence-electron chi connectivity index (χ0n) is 12.0. The lowest BCUT2D eigenvalue weighted by Gasteiger charge is -2.12. The minimum Gasteiger partial charge on any atom is -0.277 e. The molecule has 1 aromatic rings. The SMILES string of the molecule is O=C(NNS(=O)(=O)c1ccc(C(F)(F)F)cc1)[C@H]1CCS(=O)(=O)C1. The van der Waals surface area contributed by atoms with E-state index in [1.165, 1.54) is 0 Å². The van der Waals surface area contributed by atoms with Crippen LogP contribution in [0, 0.1) is 5.92 Å². The highest BCUT2D eigenvalue weighted by atomic mass is 32.2. The monoisotopic (exact) mass is 386 g/mol. The van der Waals surface area contributed by atoms with E-state index < -0.39 is 48.3 Å². The van der Waals surface area contributed by atoms with Gasteiger partial charge in [0.05, 0.1) is 27.9 Å². The first-order valence-electron chi connectivity index (χ1n) is 6.60. The van der Waals surface area contributed by atoms with Gasteiger partial charge in [0.25, 0.3) is 10.0 Å². The van der Waals surface area contributed by atoms with Gasteiger partial charge in [0.15, 0.2) is 9.84 Å². The molecule has 2 N–H and O–H groups in total. The van der Waals surface area contributed by atoms with Crippen molar-refractivity contribution in [2.45, 2.75) is 17.5 Å². The Labute approximate surface area is 136 Å². The number of carbonyl (C=O) groups excluding carboxylic acids is 1. The van der Waals surface area contributed by atoms with Gasteiger partial charge in [-0.25, -0.2) is 16.8 Å². The number of amides is 1. The Hall–Kier alpha value is -1.66. The van der Waals surface area contributed by atoms with E-state index in [1.54, 1.807) is 4.83 Å². The summed E-state index contributed by atoms with van der Waals surface area (Å²) in [6.45, 7) is 0. The van der Waals surface area contributed by atoms with Crippen molar-refractivity contribution in [3.05, 3.63) is 29.8 Å². The van der Waals surface area contributed by atoms with Crippen molar-refractivity contribution in [2.24, 2.45) is 5.92 Å². The Morgan fingerprint density at radius 2 is 1.75 bits per heavy atom. The van der Waals surface area contributed by atoms with Crippen molar-refractivity contribution in [1.29, 1.82) is 0 Å². The first kappa shape index (κ1) is 18.7. The van der Waals surface area contributed by atoms with Crippen molar-refractivity contribution >= 4 is 25.8 Å². The molecule has 1 saturated heterocycles. The van der Waals surface area contributed by atoms with E-state index in [-0.39, 0.29) is 17.9 Å². The molecule has 2 rings (SSSR count). The highest BCUT2D eigenvalue weighted by Crippen LogP contribution is 2.29. The lowest BCUT2D eigenvalue weighted by atomic mass is 10.1. The van der Waals surface area contributed by atoms with Gasteiger partial charge in [0.2, 0.25) is 5.91 Å². The predicted octanol–water partition coefficient (Wildman–Crippen LogP) is 0.450. The third kappa shape index (κ3) is 4.45. The first-order valence-corrected chi connectivity index (χ1v) is 9.90. The Balaban J connectivity index is 2.02. The molecule has 1 fully saturated rings. The summed E-state index contributed by atoms with van der Waals surface area (Å²) in [6, 6.07) is 2.69. The quantitative estimate of drug-likeness (QED) is 0.731. The van der Waals surface area contributed by atoms with Gasteiger partial charge in [-0.2, -0.15) is 13.2 Å². The number of hydrogen-bond acceptors (Lipinski definition) is 5. The molecule has 0 unspecified atom stereocenters. The van der Waals surface area contributed by atoms with Gasteiger partial charge in [-0.05, 0) is 30.7 Å². The van der Waals surface area contributed by atoms with E-state index in [0.29, 0.717) is 12.1 Å². The lowest BCUT2D eigenvalue weighted by molar-refractivity contribution is -0.137. The molecule has 7 nitrogen and oxygen atoms in total. The third-order valence-electron chi connectivity index (χ3n) is 3.40. The highest BCUT2D eigenvalue weighted by molar-refractivity contribution is 7.91. The second-order valence-electron chi connectivity index (χ2n) is 5.22. The fraction of sp³-hybridized carbons (Fsp3) is 0.417. The number of sulfone groups is 1. The predicted molar refractivity (Wildman–Crippen MR) is 76.7 cm³/mol. The number of sulfonamides is 1. The van der Waals surface area contributed by atoms with Gasteiger partial charge in [-0.3, -0.25) is 10.2 Å². The maximum absolute atomic E-state index is 12.4. The van der Waals surface area contributed by atoms with Gasteiger partial charge >= 0.3 is 6.18 Å². The lowest BCUT2D eigenvalue weighted by Crippen LogP contribution is -2.44. The number of hydrogen-bond donors (Lipinski definition) is 2. The number of benzene rings is 1. The van der Waals surface area contributed by atoms with Crippen LogP contribution in [0.4, 0.5) is 13.2 Å². The van der Waals surface area contributed by atoms with Crippen LogP contribution in [0.1, 0.15) is 12.0 Å². The molecule has 1 amide bonds. The average Bonchev–Trinajstić information content (AvgIpc) is 2.84. The van der Waals surface area contributed by atoms with Gasteiger partial charge in [0, 0.05) is 0 Å². The number of halogens is 3. The van der Waals surface area contributed by atoms with Crippen LogP contribution < -0.4 is 10.3 Å². The number of carbonyl (C=O) groups is 1. The molecule has 0 spiro atoms. The summed E-state index contributed by atoms with van der Waals surface area (Å²) < 4.78 is 83.7. The van der Waals surface area contributed by atoms with Crippen LogP contribution in [0.5, 0.6) is 0 Å². The fourth-order valence-corrected chi connectivity index (χ4v) is 4.69. The van der Waals surface area contributed by atoms with E-state index >= 15 is 0 Å². The van der Waals surface area contributed by atoms with E-state index in [2.05, 4.69) is 0 Å². The van der Waals surface area contributed by atoms with E-state index in [1.807, 2.05) is 5.43 Å². The van der Waals surface area contributed by atoms with Crippen LogP contribution in [0.2, 0.25) is 0 Å². The maximum atomic E-state index is 12.4. The maximum Gasteiger partial charge on any atom is 0.416 e. The molecule has 0 saturated carbocycles. The molecular weight excluding hydrogens is 373 g/mol. The Bertz CT molecular complexity index is 832. The molecule has 1 aliphatic rings. The Morgan fingerprint density at radius 3 is 2.21 bits per heavy atom. The van der Waals surface area contributed by atoms with Crippen LogP contribution in [0.3, 0.4) is 0 Å². The normalized spacial score (nSPS) is 20.7. The first-order chi connectivity index (χ1) is 10.9. The second kappa shape index (κ2) is 6.33. The van der Waals surface area contributed by atoms with Crippen LogP contribution in [-0.4, -0.2) is 34.2 Å². The smallest absolute Gasteiger partial charge is 0.277 e. The van der Waals surface area contributed by atoms with Crippen molar-refractivity contribution in [3.8, 4) is 0 Å². The molecule has 24 heavy (non-hydrogen) atoms. The minimum atomic E-state index is -4.60. The zero-order valence-corrected chi connectivity index (χ0v) is 13.6. The minimum absolute atomic E-state index is 0.0795. The molecule has 0 bridgehead atoms. The standard InChI is InChI=1S/C12H13F3N2O5S2/c13-12(14,15)9-1-3-10(4-2-9)24(21,22)17-16-11(18)8-5-6-23(19,20)7-8/h1-4,8,17H,5-7H2,(H,16,18)/t8-/m0/s1. The molecule has 1 atom stereocenters. The molecule has 1 heterocycles. The number of alkyl halides is 3. The molecule has 1 aromatic carbocycles. The van der Waals surface area contributed by atoms with Crippen molar-refractivity contribution in [1.82, 2.24) is 10.3 Å².